The molecule has 0 spiro atoms. The van der Waals surface area contributed by atoms with Crippen molar-refractivity contribution in [2.75, 3.05) is 6.54 Å². The summed E-state index contributed by atoms with van der Waals surface area (Å²) in [7, 11) is 1.98. The van der Waals surface area contributed by atoms with Crippen LogP contribution in [0.5, 0.6) is 0 Å². The minimum Gasteiger partial charge on any atom is -0.389 e. The number of rotatable bonds is 5. The Morgan fingerprint density at radius 3 is 2.58 bits per heavy atom. The molecule has 0 aliphatic heterocycles. The summed E-state index contributed by atoms with van der Waals surface area (Å²) < 4.78 is 1.93. The lowest BCUT2D eigenvalue weighted by molar-refractivity contribution is 0.0249. The summed E-state index contributed by atoms with van der Waals surface area (Å²) >= 11 is 0. The van der Waals surface area contributed by atoms with Gasteiger partial charge in [-0.05, 0) is 25.3 Å². The van der Waals surface area contributed by atoms with E-state index in [1.165, 1.54) is 18.5 Å². The van der Waals surface area contributed by atoms with Crippen LogP contribution in [0.1, 0.15) is 56.8 Å². The molecule has 1 saturated carbocycles. The van der Waals surface area contributed by atoms with Crippen LogP contribution < -0.4 is 5.32 Å². The Morgan fingerprint density at radius 2 is 2.00 bits per heavy atom. The first-order valence-electron chi connectivity index (χ1n) is 7.58. The van der Waals surface area contributed by atoms with Crippen LogP contribution >= 0.6 is 0 Å². The first kappa shape index (κ1) is 14.5. The number of nitrogens with zero attached hydrogens (tertiary/aromatic N) is 2. The molecule has 108 valence electrons. The van der Waals surface area contributed by atoms with Crippen molar-refractivity contribution in [2.45, 2.75) is 64.0 Å². The summed E-state index contributed by atoms with van der Waals surface area (Å²) in [5.74, 6) is 0. The van der Waals surface area contributed by atoms with Crippen molar-refractivity contribution in [2.24, 2.45) is 7.05 Å². The van der Waals surface area contributed by atoms with E-state index in [2.05, 4.69) is 23.4 Å². The number of nitrogens with one attached hydrogen (secondary N) is 1. The second-order valence-corrected chi connectivity index (χ2v) is 5.85. The fourth-order valence-corrected chi connectivity index (χ4v) is 2.90. The maximum atomic E-state index is 10.6. The van der Waals surface area contributed by atoms with Gasteiger partial charge in [0.15, 0.2) is 0 Å². The summed E-state index contributed by atoms with van der Waals surface area (Å²) in [6, 6.07) is 2.14. The molecular weight excluding hydrogens is 238 g/mol. The molecule has 1 aliphatic carbocycles. The molecule has 1 aromatic heterocycles. The molecule has 4 nitrogen and oxygen atoms in total. The highest BCUT2D eigenvalue weighted by Crippen LogP contribution is 2.26. The Balaban J connectivity index is 1.83. The van der Waals surface area contributed by atoms with Crippen molar-refractivity contribution in [1.29, 1.82) is 0 Å². The van der Waals surface area contributed by atoms with Gasteiger partial charge in [-0.2, -0.15) is 5.10 Å². The highest BCUT2D eigenvalue weighted by Gasteiger charge is 2.27. The summed E-state index contributed by atoms with van der Waals surface area (Å²) in [4.78, 5) is 0. The minimum absolute atomic E-state index is 0.497. The molecule has 0 radical (unpaired) electrons. The van der Waals surface area contributed by atoms with Gasteiger partial charge in [0.25, 0.3) is 0 Å². The predicted octanol–water partition coefficient (Wildman–Crippen LogP) is 2.16. The average molecular weight is 265 g/mol. The zero-order chi connectivity index (χ0) is 13.7. The normalized spacial score (nSPS) is 19.3. The van der Waals surface area contributed by atoms with E-state index in [4.69, 9.17) is 0 Å². The number of aryl methyl sites for hydroxylation is 2. The molecule has 0 unspecified atom stereocenters. The van der Waals surface area contributed by atoms with Crippen LogP contribution in [-0.2, 0) is 20.0 Å². The third-order valence-corrected chi connectivity index (χ3v) is 4.18. The number of aliphatic hydroxyl groups is 1. The summed E-state index contributed by atoms with van der Waals surface area (Å²) in [6.07, 6.45) is 7.69. The van der Waals surface area contributed by atoms with Gasteiger partial charge in [-0.1, -0.05) is 32.6 Å². The Labute approximate surface area is 116 Å². The lowest BCUT2D eigenvalue weighted by atomic mass is 9.94. The quantitative estimate of drug-likeness (QED) is 0.802. The second kappa shape index (κ2) is 6.53. The lowest BCUT2D eigenvalue weighted by Crippen LogP contribution is -2.40. The molecule has 1 heterocycles. The third-order valence-electron chi connectivity index (χ3n) is 4.18. The van der Waals surface area contributed by atoms with E-state index in [-0.39, 0.29) is 0 Å². The molecule has 1 fully saturated rings. The van der Waals surface area contributed by atoms with Gasteiger partial charge in [-0.25, -0.2) is 0 Å². The summed E-state index contributed by atoms with van der Waals surface area (Å²) in [6.45, 7) is 3.60. The lowest BCUT2D eigenvalue weighted by Gasteiger charge is -2.26. The topological polar surface area (TPSA) is 50.1 Å². The fraction of sp³-hybridized carbons (Fsp3) is 0.800. The second-order valence-electron chi connectivity index (χ2n) is 5.85. The monoisotopic (exact) mass is 265 g/mol. The van der Waals surface area contributed by atoms with Crippen molar-refractivity contribution in [1.82, 2.24) is 15.1 Å². The minimum atomic E-state index is -0.497. The zero-order valence-corrected chi connectivity index (χ0v) is 12.3. The first-order chi connectivity index (χ1) is 9.13. The zero-order valence-electron chi connectivity index (χ0n) is 12.3. The van der Waals surface area contributed by atoms with Crippen LogP contribution in [0.25, 0.3) is 0 Å². The maximum Gasteiger partial charge on any atom is 0.0771 e. The SMILES string of the molecule is CCc1cc(CNCC2(O)CCCCCC2)n(C)n1. The van der Waals surface area contributed by atoms with Gasteiger partial charge < -0.3 is 10.4 Å². The highest BCUT2D eigenvalue weighted by molar-refractivity contribution is 5.10. The van der Waals surface area contributed by atoms with Crippen LogP contribution in [0.4, 0.5) is 0 Å². The smallest absolute Gasteiger partial charge is 0.0771 e. The van der Waals surface area contributed by atoms with Crippen molar-refractivity contribution in [3.8, 4) is 0 Å². The van der Waals surface area contributed by atoms with Crippen LogP contribution in [0.2, 0.25) is 0 Å². The van der Waals surface area contributed by atoms with Crippen molar-refractivity contribution >= 4 is 0 Å². The number of aromatic nitrogens is 2. The highest BCUT2D eigenvalue weighted by atomic mass is 16.3. The fourth-order valence-electron chi connectivity index (χ4n) is 2.90. The molecule has 0 amide bonds. The summed E-state index contributed by atoms with van der Waals surface area (Å²) in [5.41, 5.74) is 1.82. The van der Waals surface area contributed by atoms with E-state index in [0.29, 0.717) is 6.54 Å². The van der Waals surface area contributed by atoms with E-state index in [9.17, 15) is 5.11 Å². The molecule has 0 atom stereocenters. The molecule has 0 bridgehead atoms. The number of hydrogen-bond donors (Lipinski definition) is 2. The van der Waals surface area contributed by atoms with Gasteiger partial charge in [0.2, 0.25) is 0 Å². The molecule has 19 heavy (non-hydrogen) atoms. The van der Waals surface area contributed by atoms with Crippen molar-refractivity contribution in [3.63, 3.8) is 0 Å². The number of hydrogen-bond acceptors (Lipinski definition) is 3. The first-order valence-corrected chi connectivity index (χ1v) is 7.58. The van der Waals surface area contributed by atoms with Gasteiger partial charge in [0.05, 0.1) is 17.0 Å². The summed E-state index contributed by atoms with van der Waals surface area (Å²) in [5, 5.41) is 18.4. The molecule has 4 heteroatoms. The largest absolute Gasteiger partial charge is 0.389 e. The molecule has 2 rings (SSSR count). The Kier molecular flexibility index (Phi) is 4.99. The molecule has 0 aromatic carbocycles. The van der Waals surface area contributed by atoms with E-state index < -0.39 is 5.60 Å². The Morgan fingerprint density at radius 1 is 1.32 bits per heavy atom. The average Bonchev–Trinajstić information content (AvgIpc) is 2.60. The Hall–Kier alpha value is -0.870. The standard InChI is InChI=1S/C15H27N3O/c1-3-13-10-14(18(2)17-13)11-16-12-15(19)8-6-4-5-7-9-15/h10,16,19H,3-9,11-12H2,1-2H3. The van der Waals surface area contributed by atoms with Gasteiger partial charge in [0, 0.05) is 20.1 Å². The van der Waals surface area contributed by atoms with E-state index >= 15 is 0 Å². The predicted molar refractivity (Wildman–Crippen MR) is 76.9 cm³/mol. The van der Waals surface area contributed by atoms with Crippen molar-refractivity contribution < 1.29 is 5.11 Å². The molecule has 1 aliphatic rings. The van der Waals surface area contributed by atoms with Crippen LogP contribution in [-0.4, -0.2) is 27.0 Å². The van der Waals surface area contributed by atoms with Gasteiger partial charge in [-0.15, -0.1) is 0 Å². The van der Waals surface area contributed by atoms with Crippen LogP contribution in [0.15, 0.2) is 6.07 Å². The molecule has 1 aromatic rings. The van der Waals surface area contributed by atoms with Gasteiger partial charge in [-0.3, -0.25) is 4.68 Å². The molecular formula is C15H27N3O. The van der Waals surface area contributed by atoms with Crippen molar-refractivity contribution in [3.05, 3.63) is 17.5 Å². The van der Waals surface area contributed by atoms with E-state index in [1.807, 2.05) is 11.7 Å². The Bertz CT molecular complexity index is 392. The van der Waals surface area contributed by atoms with E-state index in [0.717, 1.165) is 44.3 Å². The van der Waals surface area contributed by atoms with Gasteiger partial charge >= 0.3 is 0 Å². The third kappa shape index (κ3) is 4.05. The molecule has 2 N–H and O–H groups in total. The molecule has 0 saturated heterocycles. The van der Waals surface area contributed by atoms with Gasteiger partial charge in [0.1, 0.15) is 0 Å². The van der Waals surface area contributed by atoms with Crippen LogP contribution in [0.3, 0.4) is 0 Å². The maximum absolute atomic E-state index is 10.6. The van der Waals surface area contributed by atoms with Crippen LogP contribution in [0, 0.1) is 0 Å². The van der Waals surface area contributed by atoms with E-state index in [1.54, 1.807) is 0 Å².